The minimum Gasteiger partial charge on any atom is -0.489 e. The van der Waals surface area contributed by atoms with Gasteiger partial charge < -0.3 is 10.2 Å². The number of nitrogens with two attached hydrogens (primary N) is 1. The molecule has 104 valence electrons. The number of aryl methyl sites for hydroxylation is 2. The highest BCUT2D eigenvalue weighted by atomic mass is 16.5. The minimum absolute atomic E-state index is 0.524. The maximum atomic E-state index is 5.86. The highest BCUT2D eigenvalue weighted by Crippen LogP contribution is 2.25. The van der Waals surface area contributed by atoms with Crippen molar-refractivity contribution in [1.29, 1.82) is 0 Å². The van der Waals surface area contributed by atoms with Gasteiger partial charge in [-0.3, -0.25) is 0 Å². The fraction of sp³-hybridized carbons (Fsp3) is 0.312. The summed E-state index contributed by atoms with van der Waals surface area (Å²) < 4.78 is 5.86. The lowest BCUT2D eigenvalue weighted by Gasteiger charge is -2.16. The molecule has 0 atom stereocenters. The van der Waals surface area contributed by atoms with E-state index in [1.165, 1.54) is 36.8 Å². The van der Waals surface area contributed by atoms with Gasteiger partial charge in [0.25, 0.3) is 0 Å². The van der Waals surface area contributed by atoms with Crippen molar-refractivity contribution in [2.45, 2.75) is 32.3 Å². The molecule has 2 aromatic rings. The van der Waals surface area contributed by atoms with Crippen LogP contribution in [0.3, 0.4) is 0 Å². The Labute approximate surface area is 119 Å². The van der Waals surface area contributed by atoms with Crippen LogP contribution < -0.4 is 16.0 Å². The fourth-order valence-electron chi connectivity index (χ4n) is 2.61. The molecule has 0 unspecified atom stereocenters. The van der Waals surface area contributed by atoms with Gasteiger partial charge in [0.05, 0.1) is 0 Å². The standard InChI is InChI=1S/C16H19N3O/c17-19-16-9-12(7-8-18-16)11-20-15-6-5-13-3-1-2-4-14(13)10-15/h5-10H,1-4,11,17H2,(H,18,19). The number of hydrazine groups is 1. The lowest BCUT2D eigenvalue weighted by Crippen LogP contribution is -2.09. The monoisotopic (exact) mass is 269 g/mol. The van der Waals surface area contributed by atoms with Gasteiger partial charge >= 0.3 is 0 Å². The number of aromatic nitrogens is 1. The first-order chi connectivity index (χ1) is 9.85. The summed E-state index contributed by atoms with van der Waals surface area (Å²) in [5, 5.41) is 0. The highest BCUT2D eigenvalue weighted by molar-refractivity contribution is 5.38. The predicted octanol–water partition coefficient (Wildman–Crippen LogP) is 2.83. The molecule has 0 aliphatic heterocycles. The second-order valence-corrected chi connectivity index (χ2v) is 5.12. The van der Waals surface area contributed by atoms with Gasteiger partial charge in [-0.1, -0.05) is 6.07 Å². The number of pyridine rings is 1. The van der Waals surface area contributed by atoms with Crippen LogP contribution in [0.1, 0.15) is 29.5 Å². The summed E-state index contributed by atoms with van der Waals surface area (Å²) in [6.45, 7) is 0.524. The lowest BCUT2D eigenvalue weighted by atomic mass is 9.92. The third-order valence-electron chi connectivity index (χ3n) is 3.70. The molecule has 4 nitrogen and oxygen atoms in total. The minimum atomic E-state index is 0.524. The second-order valence-electron chi connectivity index (χ2n) is 5.12. The largest absolute Gasteiger partial charge is 0.489 e. The quantitative estimate of drug-likeness (QED) is 0.662. The van der Waals surface area contributed by atoms with E-state index in [4.69, 9.17) is 10.6 Å². The molecule has 0 radical (unpaired) electrons. The summed E-state index contributed by atoms with van der Waals surface area (Å²) in [7, 11) is 0. The summed E-state index contributed by atoms with van der Waals surface area (Å²) in [6.07, 6.45) is 6.68. The van der Waals surface area contributed by atoms with Gasteiger partial charge in [-0.2, -0.15) is 0 Å². The third-order valence-corrected chi connectivity index (χ3v) is 3.70. The zero-order valence-corrected chi connectivity index (χ0v) is 11.4. The van der Waals surface area contributed by atoms with Crippen LogP contribution in [0.15, 0.2) is 36.5 Å². The SMILES string of the molecule is NNc1cc(COc2ccc3c(c2)CCCC3)ccn1. The number of fused-ring (bicyclic) bond motifs is 1. The van der Waals surface area contributed by atoms with E-state index in [2.05, 4.69) is 28.6 Å². The molecule has 0 saturated carbocycles. The lowest BCUT2D eigenvalue weighted by molar-refractivity contribution is 0.305. The average Bonchev–Trinajstić information content (AvgIpc) is 2.53. The number of ether oxygens (including phenoxy) is 1. The van der Waals surface area contributed by atoms with Crippen molar-refractivity contribution >= 4 is 5.82 Å². The Kier molecular flexibility index (Phi) is 3.83. The normalized spacial score (nSPS) is 13.7. The van der Waals surface area contributed by atoms with Crippen molar-refractivity contribution in [3.8, 4) is 5.75 Å². The average molecular weight is 269 g/mol. The van der Waals surface area contributed by atoms with Gasteiger partial charge in [0, 0.05) is 6.20 Å². The Hall–Kier alpha value is -2.07. The number of anilines is 1. The van der Waals surface area contributed by atoms with E-state index in [1.54, 1.807) is 6.20 Å². The fourth-order valence-corrected chi connectivity index (χ4v) is 2.61. The van der Waals surface area contributed by atoms with Crippen molar-refractivity contribution in [1.82, 2.24) is 4.98 Å². The molecule has 1 aliphatic rings. The number of nitrogens with zero attached hydrogens (tertiary/aromatic N) is 1. The highest BCUT2D eigenvalue weighted by Gasteiger charge is 2.09. The Morgan fingerprint density at radius 3 is 2.80 bits per heavy atom. The summed E-state index contributed by atoms with van der Waals surface area (Å²) >= 11 is 0. The van der Waals surface area contributed by atoms with E-state index < -0.39 is 0 Å². The molecular weight excluding hydrogens is 250 g/mol. The maximum Gasteiger partial charge on any atom is 0.140 e. The van der Waals surface area contributed by atoms with Crippen LogP contribution in [0.25, 0.3) is 0 Å². The van der Waals surface area contributed by atoms with E-state index in [1.807, 2.05) is 12.1 Å². The molecule has 0 spiro atoms. The molecule has 4 heteroatoms. The zero-order valence-electron chi connectivity index (χ0n) is 11.4. The number of hydrogen-bond acceptors (Lipinski definition) is 4. The van der Waals surface area contributed by atoms with Crippen molar-refractivity contribution < 1.29 is 4.74 Å². The first-order valence-corrected chi connectivity index (χ1v) is 7.01. The van der Waals surface area contributed by atoms with Gasteiger partial charge in [-0.15, -0.1) is 0 Å². The van der Waals surface area contributed by atoms with Crippen LogP contribution in [-0.4, -0.2) is 4.98 Å². The number of nitrogens with one attached hydrogen (secondary N) is 1. The first kappa shape index (κ1) is 12.9. The molecule has 0 bridgehead atoms. The Bertz CT molecular complexity index is 598. The van der Waals surface area contributed by atoms with Gasteiger partial charge in [-0.25, -0.2) is 10.8 Å². The zero-order chi connectivity index (χ0) is 13.8. The maximum absolute atomic E-state index is 5.86. The van der Waals surface area contributed by atoms with Crippen LogP contribution >= 0.6 is 0 Å². The third kappa shape index (κ3) is 2.91. The molecule has 1 aliphatic carbocycles. The molecule has 3 rings (SSSR count). The molecule has 0 saturated heterocycles. The number of hydrogen-bond donors (Lipinski definition) is 2. The molecule has 1 aromatic carbocycles. The van der Waals surface area contributed by atoms with E-state index >= 15 is 0 Å². The topological polar surface area (TPSA) is 60.2 Å². The van der Waals surface area contributed by atoms with Crippen LogP contribution in [0.2, 0.25) is 0 Å². The number of nitrogen functional groups attached to an aromatic ring is 1. The number of rotatable bonds is 4. The Morgan fingerprint density at radius 2 is 1.95 bits per heavy atom. The Balaban J connectivity index is 1.68. The summed E-state index contributed by atoms with van der Waals surface area (Å²) in [5.41, 5.74) is 6.50. The molecular formula is C16H19N3O. The summed E-state index contributed by atoms with van der Waals surface area (Å²) in [5.74, 6) is 6.93. The summed E-state index contributed by atoms with van der Waals surface area (Å²) in [4.78, 5) is 4.08. The van der Waals surface area contributed by atoms with E-state index in [0.29, 0.717) is 12.4 Å². The molecule has 0 amide bonds. The predicted molar refractivity (Wildman–Crippen MR) is 79.5 cm³/mol. The molecule has 3 N–H and O–H groups in total. The van der Waals surface area contributed by atoms with Crippen molar-refractivity contribution in [3.05, 3.63) is 53.2 Å². The van der Waals surface area contributed by atoms with Crippen LogP contribution in [0, 0.1) is 0 Å². The van der Waals surface area contributed by atoms with Gasteiger partial charge in [0.1, 0.15) is 18.2 Å². The summed E-state index contributed by atoms with van der Waals surface area (Å²) in [6, 6.07) is 10.3. The van der Waals surface area contributed by atoms with Gasteiger partial charge in [-0.05, 0) is 66.6 Å². The van der Waals surface area contributed by atoms with E-state index in [9.17, 15) is 0 Å². The van der Waals surface area contributed by atoms with E-state index in [-0.39, 0.29) is 0 Å². The van der Waals surface area contributed by atoms with Crippen molar-refractivity contribution in [2.24, 2.45) is 5.84 Å². The smallest absolute Gasteiger partial charge is 0.140 e. The van der Waals surface area contributed by atoms with Crippen LogP contribution in [0.4, 0.5) is 5.82 Å². The van der Waals surface area contributed by atoms with E-state index in [0.717, 1.165) is 11.3 Å². The number of benzene rings is 1. The molecule has 0 fully saturated rings. The molecule has 1 aromatic heterocycles. The van der Waals surface area contributed by atoms with Gasteiger partial charge in [0.2, 0.25) is 0 Å². The van der Waals surface area contributed by atoms with Crippen LogP contribution in [-0.2, 0) is 19.4 Å². The van der Waals surface area contributed by atoms with Crippen LogP contribution in [0.5, 0.6) is 5.75 Å². The Morgan fingerprint density at radius 1 is 1.10 bits per heavy atom. The second kappa shape index (κ2) is 5.92. The molecule has 1 heterocycles. The molecule has 20 heavy (non-hydrogen) atoms. The van der Waals surface area contributed by atoms with Crippen molar-refractivity contribution in [3.63, 3.8) is 0 Å². The van der Waals surface area contributed by atoms with Gasteiger partial charge in [0.15, 0.2) is 0 Å². The first-order valence-electron chi connectivity index (χ1n) is 7.01. The van der Waals surface area contributed by atoms with Crippen molar-refractivity contribution in [2.75, 3.05) is 5.43 Å².